The Kier molecular flexibility index (Phi) is 2.56. The van der Waals surface area contributed by atoms with Crippen molar-refractivity contribution in [1.82, 2.24) is 15.1 Å². The minimum atomic E-state index is 0.261. The minimum absolute atomic E-state index is 0.261. The van der Waals surface area contributed by atoms with Crippen molar-refractivity contribution in [3.63, 3.8) is 0 Å². The smallest absolute Gasteiger partial charge is 0.182 e. The molecule has 0 unspecified atom stereocenters. The molecule has 1 N–H and O–H groups in total. The van der Waals surface area contributed by atoms with Gasteiger partial charge in [-0.1, -0.05) is 5.16 Å². The van der Waals surface area contributed by atoms with E-state index in [4.69, 9.17) is 9.78 Å². The Bertz CT molecular complexity index is 473. The van der Waals surface area contributed by atoms with E-state index in [1.807, 2.05) is 6.07 Å². The van der Waals surface area contributed by atoms with Crippen LogP contribution < -0.4 is 5.32 Å². The molecule has 0 aromatic carbocycles. The molecule has 6 heteroatoms. The van der Waals surface area contributed by atoms with Crippen LogP contribution in [0, 0.1) is 11.3 Å². The highest BCUT2D eigenvalue weighted by molar-refractivity contribution is 5.46. The predicted molar refractivity (Wildman–Crippen MR) is 50.6 cm³/mol. The molecule has 74 valence electrons. The number of hydrogen-bond acceptors (Lipinski definition) is 6. The second kappa shape index (κ2) is 4.19. The first-order valence-electron chi connectivity index (χ1n) is 4.24. The lowest BCUT2D eigenvalue weighted by Crippen LogP contribution is -2.03. The van der Waals surface area contributed by atoms with Gasteiger partial charge in [0.25, 0.3) is 0 Å². The van der Waals surface area contributed by atoms with Gasteiger partial charge < -0.3 is 9.84 Å². The van der Waals surface area contributed by atoms with Gasteiger partial charge in [-0.25, -0.2) is 9.97 Å². The molecule has 0 aliphatic heterocycles. The van der Waals surface area contributed by atoms with Gasteiger partial charge in [0.05, 0.1) is 12.7 Å². The lowest BCUT2D eigenvalue weighted by molar-refractivity contribution is 0.388. The Balaban J connectivity index is 2.08. The van der Waals surface area contributed by atoms with Crippen molar-refractivity contribution < 1.29 is 4.52 Å². The van der Waals surface area contributed by atoms with Gasteiger partial charge in [-0.2, -0.15) is 5.26 Å². The van der Waals surface area contributed by atoms with Gasteiger partial charge >= 0.3 is 0 Å². The van der Waals surface area contributed by atoms with Gasteiger partial charge in [0, 0.05) is 18.5 Å². The summed E-state index contributed by atoms with van der Waals surface area (Å²) in [4.78, 5) is 7.86. The number of aromatic nitrogens is 3. The summed E-state index contributed by atoms with van der Waals surface area (Å²) >= 11 is 0. The van der Waals surface area contributed by atoms with Crippen molar-refractivity contribution in [3.05, 3.63) is 36.1 Å². The molecule has 0 aliphatic carbocycles. The highest BCUT2D eigenvalue weighted by Gasteiger charge is 2.04. The second-order valence-corrected chi connectivity index (χ2v) is 2.70. The standard InChI is InChI=1S/C9H7N5O/c10-5-8-9(12-4-3-11-8)13-6-7-1-2-14-15-7/h1-4H,6H2,(H,12,13). The summed E-state index contributed by atoms with van der Waals surface area (Å²) in [7, 11) is 0. The number of nitriles is 1. The van der Waals surface area contributed by atoms with Crippen LogP contribution in [0.1, 0.15) is 11.5 Å². The van der Waals surface area contributed by atoms with E-state index in [0.29, 0.717) is 18.1 Å². The summed E-state index contributed by atoms with van der Waals surface area (Å²) in [6.07, 6.45) is 4.54. The monoisotopic (exact) mass is 201 g/mol. The van der Waals surface area contributed by atoms with Crippen molar-refractivity contribution in [2.24, 2.45) is 0 Å². The second-order valence-electron chi connectivity index (χ2n) is 2.70. The maximum absolute atomic E-state index is 8.75. The van der Waals surface area contributed by atoms with Crippen LogP contribution in [-0.4, -0.2) is 15.1 Å². The summed E-state index contributed by atoms with van der Waals surface area (Å²) in [6.45, 7) is 0.424. The quantitative estimate of drug-likeness (QED) is 0.795. The van der Waals surface area contributed by atoms with Crippen LogP contribution in [0.3, 0.4) is 0 Å². The van der Waals surface area contributed by atoms with Crippen LogP contribution in [0.25, 0.3) is 0 Å². The Morgan fingerprint density at radius 3 is 2.93 bits per heavy atom. The first-order valence-corrected chi connectivity index (χ1v) is 4.24. The molecule has 0 saturated carbocycles. The molecule has 0 saturated heterocycles. The fourth-order valence-corrected chi connectivity index (χ4v) is 1.05. The van der Waals surface area contributed by atoms with Gasteiger partial charge in [-0.15, -0.1) is 0 Å². The molecule has 0 aliphatic rings. The first kappa shape index (κ1) is 9.15. The number of hydrogen-bond donors (Lipinski definition) is 1. The van der Waals surface area contributed by atoms with Gasteiger partial charge in [0.15, 0.2) is 17.3 Å². The summed E-state index contributed by atoms with van der Waals surface area (Å²) in [5.41, 5.74) is 0.261. The van der Waals surface area contributed by atoms with Crippen LogP contribution in [0.5, 0.6) is 0 Å². The molecular weight excluding hydrogens is 194 g/mol. The number of nitrogens with one attached hydrogen (secondary N) is 1. The van der Waals surface area contributed by atoms with Crippen molar-refractivity contribution in [1.29, 1.82) is 5.26 Å². The molecule has 2 rings (SSSR count). The first-order chi connectivity index (χ1) is 7.40. The average Bonchev–Trinajstić information content (AvgIpc) is 2.79. The third kappa shape index (κ3) is 2.08. The topological polar surface area (TPSA) is 87.6 Å². The highest BCUT2D eigenvalue weighted by Crippen LogP contribution is 2.08. The molecule has 0 amide bonds. The van der Waals surface area contributed by atoms with Crippen LogP contribution in [0.15, 0.2) is 29.2 Å². The Morgan fingerprint density at radius 2 is 2.20 bits per heavy atom. The lowest BCUT2D eigenvalue weighted by Gasteiger charge is -2.02. The molecule has 0 radical (unpaired) electrons. The fourth-order valence-electron chi connectivity index (χ4n) is 1.05. The maximum Gasteiger partial charge on any atom is 0.182 e. The lowest BCUT2D eigenvalue weighted by atomic mass is 10.4. The Hall–Kier alpha value is -2.42. The van der Waals surface area contributed by atoms with E-state index in [2.05, 4.69) is 20.4 Å². The summed E-state index contributed by atoms with van der Waals surface area (Å²) in [5, 5.41) is 15.2. The largest absolute Gasteiger partial charge is 0.360 e. The third-order valence-corrected chi connectivity index (χ3v) is 1.73. The molecule has 2 heterocycles. The Morgan fingerprint density at radius 1 is 1.33 bits per heavy atom. The van der Waals surface area contributed by atoms with Crippen LogP contribution >= 0.6 is 0 Å². The minimum Gasteiger partial charge on any atom is -0.360 e. The predicted octanol–water partition coefficient (Wildman–Crippen LogP) is 0.948. The van der Waals surface area contributed by atoms with Gasteiger partial charge in [-0.05, 0) is 0 Å². The van der Waals surface area contributed by atoms with Crippen molar-refractivity contribution >= 4 is 5.82 Å². The maximum atomic E-state index is 8.75. The average molecular weight is 201 g/mol. The molecule has 15 heavy (non-hydrogen) atoms. The highest BCUT2D eigenvalue weighted by atomic mass is 16.5. The molecule has 0 spiro atoms. The molecule has 0 atom stereocenters. The van der Waals surface area contributed by atoms with E-state index in [9.17, 15) is 0 Å². The van der Waals surface area contributed by atoms with E-state index in [-0.39, 0.29) is 5.69 Å². The number of nitrogens with zero attached hydrogens (tertiary/aromatic N) is 4. The summed E-state index contributed by atoms with van der Waals surface area (Å²) < 4.78 is 4.89. The molecule has 0 fully saturated rings. The summed E-state index contributed by atoms with van der Waals surface area (Å²) in [6, 6.07) is 3.67. The normalized spacial score (nSPS) is 9.53. The van der Waals surface area contributed by atoms with Crippen molar-refractivity contribution in [2.45, 2.75) is 6.54 Å². The van der Waals surface area contributed by atoms with E-state index in [0.717, 1.165) is 0 Å². The molecular formula is C9H7N5O. The molecule has 0 bridgehead atoms. The van der Waals surface area contributed by atoms with Gasteiger partial charge in [-0.3, -0.25) is 0 Å². The molecule has 2 aromatic rings. The van der Waals surface area contributed by atoms with E-state index in [1.54, 1.807) is 12.3 Å². The molecule has 6 nitrogen and oxygen atoms in total. The third-order valence-electron chi connectivity index (χ3n) is 1.73. The van der Waals surface area contributed by atoms with E-state index in [1.165, 1.54) is 12.4 Å². The van der Waals surface area contributed by atoms with E-state index >= 15 is 0 Å². The number of anilines is 1. The number of rotatable bonds is 3. The fraction of sp³-hybridized carbons (Fsp3) is 0.111. The van der Waals surface area contributed by atoms with Crippen LogP contribution in [0.2, 0.25) is 0 Å². The van der Waals surface area contributed by atoms with Crippen molar-refractivity contribution in [3.8, 4) is 6.07 Å². The van der Waals surface area contributed by atoms with Crippen LogP contribution in [0.4, 0.5) is 5.82 Å². The van der Waals surface area contributed by atoms with Crippen LogP contribution in [-0.2, 0) is 6.54 Å². The van der Waals surface area contributed by atoms with E-state index < -0.39 is 0 Å². The zero-order valence-corrected chi connectivity index (χ0v) is 7.71. The van der Waals surface area contributed by atoms with Gasteiger partial charge in [0.2, 0.25) is 0 Å². The van der Waals surface area contributed by atoms with Gasteiger partial charge in [0.1, 0.15) is 6.07 Å². The zero-order chi connectivity index (χ0) is 10.5. The zero-order valence-electron chi connectivity index (χ0n) is 7.71. The molecule has 2 aromatic heterocycles. The summed E-state index contributed by atoms with van der Waals surface area (Å²) in [5.74, 6) is 1.11. The Labute approximate surface area is 85.6 Å². The SMILES string of the molecule is N#Cc1nccnc1NCc1ccno1. The van der Waals surface area contributed by atoms with Crippen molar-refractivity contribution in [2.75, 3.05) is 5.32 Å².